The van der Waals surface area contributed by atoms with Gasteiger partial charge in [0.15, 0.2) is 0 Å². The van der Waals surface area contributed by atoms with Crippen molar-refractivity contribution in [3.05, 3.63) is 0 Å². The summed E-state index contributed by atoms with van der Waals surface area (Å²) in [6.07, 6.45) is -1.32. The quantitative estimate of drug-likeness (QED) is 0.717. The lowest BCUT2D eigenvalue weighted by atomic mass is 10.1. The minimum atomic E-state index is -2.77. The Hall–Kier alpha value is -0.750. The predicted octanol–water partition coefficient (Wildman–Crippen LogP) is 0.214. The summed E-state index contributed by atoms with van der Waals surface area (Å²) in [6.45, 7) is 1.26. The number of hydrogen-bond donors (Lipinski definition) is 2. The summed E-state index contributed by atoms with van der Waals surface area (Å²) in [5, 5.41) is 11.4. The van der Waals surface area contributed by atoms with Gasteiger partial charge in [0.2, 0.25) is 5.91 Å². The van der Waals surface area contributed by atoms with Crippen molar-refractivity contribution in [2.45, 2.75) is 31.8 Å². The lowest BCUT2D eigenvalue weighted by Crippen LogP contribution is -2.43. The molecule has 1 atom stereocenters. The number of nitrogens with one attached hydrogen (secondary N) is 1. The molecule has 6 heteroatoms. The van der Waals surface area contributed by atoms with Gasteiger partial charge < -0.3 is 15.3 Å². The summed E-state index contributed by atoms with van der Waals surface area (Å²) >= 11 is 0. The Morgan fingerprint density at radius 1 is 1.31 bits per heavy atom. The van der Waals surface area contributed by atoms with E-state index in [2.05, 4.69) is 5.32 Å². The maximum atomic E-state index is 11.9. The summed E-state index contributed by atoms with van der Waals surface area (Å²) in [6, 6.07) is 0. The molecular weight excluding hydrogens is 218 g/mol. The standard InChI is InChI=1S/C10H18F2N2O2/c11-10(12)8(15)6-13-7-9(16)14-4-2-1-3-5-14/h8,10,13,15H,1-7H2. The van der Waals surface area contributed by atoms with Crippen molar-refractivity contribution < 1.29 is 18.7 Å². The Morgan fingerprint density at radius 2 is 1.94 bits per heavy atom. The largest absolute Gasteiger partial charge is 0.386 e. The van der Waals surface area contributed by atoms with Gasteiger partial charge in [-0.1, -0.05) is 0 Å². The van der Waals surface area contributed by atoms with Gasteiger partial charge in [-0.25, -0.2) is 8.78 Å². The van der Waals surface area contributed by atoms with E-state index < -0.39 is 12.5 Å². The summed E-state index contributed by atoms with van der Waals surface area (Å²) in [5.74, 6) is -0.0823. The number of hydrogen-bond acceptors (Lipinski definition) is 3. The van der Waals surface area contributed by atoms with Gasteiger partial charge in [-0.15, -0.1) is 0 Å². The van der Waals surface area contributed by atoms with Crippen LogP contribution in [0.4, 0.5) is 8.78 Å². The van der Waals surface area contributed by atoms with Crippen LogP contribution in [0, 0.1) is 0 Å². The Labute approximate surface area is 93.6 Å². The van der Waals surface area contributed by atoms with E-state index in [1.165, 1.54) is 0 Å². The van der Waals surface area contributed by atoms with E-state index in [1.54, 1.807) is 4.90 Å². The Kier molecular flexibility index (Phi) is 5.62. The molecule has 1 heterocycles. The zero-order valence-electron chi connectivity index (χ0n) is 9.16. The second-order valence-electron chi connectivity index (χ2n) is 3.97. The number of amides is 1. The molecule has 1 aliphatic heterocycles. The lowest BCUT2D eigenvalue weighted by Gasteiger charge is -2.26. The molecule has 1 amide bonds. The van der Waals surface area contributed by atoms with Crippen LogP contribution in [0.15, 0.2) is 0 Å². The van der Waals surface area contributed by atoms with Crippen molar-refractivity contribution in [3.8, 4) is 0 Å². The summed E-state index contributed by atoms with van der Waals surface area (Å²) < 4.78 is 23.8. The molecule has 4 nitrogen and oxygen atoms in total. The van der Waals surface area contributed by atoms with Crippen molar-refractivity contribution >= 4 is 5.91 Å². The fourth-order valence-electron chi connectivity index (χ4n) is 1.67. The van der Waals surface area contributed by atoms with Gasteiger partial charge in [0.25, 0.3) is 6.43 Å². The zero-order chi connectivity index (χ0) is 12.0. The Balaban J connectivity index is 2.14. The highest BCUT2D eigenvalue weighted by Crippen LogP contribution is 2.08. The highest BCUT2D eigenvalue weighted by atomic mass is 19.3. The first-order chi connectivity index (χ1) is 7.61. The third kappa shape index (κ3) is 4.40. The van der Waals surface area contributed by atoms with Crippen LogP contribution < -0.4 is 5.32 Å². The highest BCUT2D eigenvalue weighted by molar-refractivity contribution is 5.78. The normalized spacial score (nSPS) is 18.9. The molecule has 1 aliphatic rings. The average Bonchev–Trinajstić information content (AvgIpc) is 2.29. The number of alkyl halides is 2. The topological polar surface area (TPSA) is 52.6 Å². The van der Waals surface area contributed by atoms with Gasteiger partial charge in [0, 0.05) is 19.6 Å². The second-order valence-corrected chi connectivity index (χ2v) is 3.97. The van der Waals surface area contributed by atoms with E-state index >= 15 is 0 Å². The number of aliphatic hydroxyl groups is 1. The van der Waals surface area contributed by atoms with Gasteiger partial charge >= 0.3 is 0 Å². The zero-order valence-corrected chi connectivity index (χ0v) is 9.16. The van der Waals surface area contributed by atoms with E-state index in [4.69, 9.17) is 5.11 Å². The number of carbonyl (C=O) groups excluding carboxylic acids is 1. The monoisotopic (exact) mass is 236 g/mol. The lowest BCUT2D eigenvalue weighted by molar-refractivity contribution is -0.131. The molecule has 1 saturated heterocycles. The predicted molar refractivity (Wildman–Crippen MR) is 55.3 cm³/mol. The van der Waals surface area contributed by atoms with E-state index in [0.717, 1.165) is 32.4 Å². The maximum Gasteiger partial charge on any atom is 0.265 e. The van der Waals surface area contributed by atoms with E-state index in [1.807, 2.05) is 0 Å². The SMILES string of the molecule is O=C(CNCC(O)C(F)F)N1CCCCC1. The van der Waals surface area contributed by atoms with Crippen LogP contribution in [0.25, 0.3) is 0 Å². The summed E-state index contributed by atoms with van der Waals surface area (Å²) in [5.41, 5.74) is 0. The number of nitrogens with zero attached hydrogens (tertiary/aromatic N) is 1. The van der Waals surface area contributed by atoms with E-state index in [-0.39, 0.29) is 19.0 Å². The number of rotatable bonds is 5. The molecule has 0 aromatic heterocycles. The fourth-order valence-corrected chi connectivity index (χ4v) is 1.67. The molecule has 0 radical (unpaired) electrons. The second kappa shape index (κ2) is 6.75. The number of likely N-dealkylation sites (tertiary alicyclic amines) is 1. The van der Waals surface area contributed by atoms with Crippen LogP contribution in [0.5, 0.6) is 0 Å². The van der Waals surface area contributed by atoms with Gasteiger partial charge in [0.05, 0.1) is 6.54 Å². The van der Waals surface area contributed by atoms with Crippen molar-refractivity contribution in [2.75, 3.05) is 26.2 Å². The molecule has 0 saturated carbocycles. The van der Waals surface area contributed by atoms with Crippen molar-refractivity contribution in [1.82, 2.24) is 10.2 Å². The van der Waals surface area contributed by atoms with Gasteiger partial charge in [-0.2, -0.15) is 0 Å². The average molecular weight is 236 g/mol. The molecule has 0 spiro atoms. The summed E-state index contributed by atoms with van der Waals surface area (Å²) in [4.78, 5) is 13.3. The van der Waals surface area contributed by atoms with Crippen LogP contribution in [0.1, 0.15) is 19.3 Å². The molecule has 2 N–H and O–H groups in total. The molecule has 94 valence electrons. The number of aliphatic hydroxyl groups excluding tert-OH is 1. The molecule has 1 unspecified atom stereocenters. The van der Waals surface area contributed by atoms with Gasteiger partial charge in [-0.3, -0.25) is 4.79 Å². The van der Waals surface area contributed by atoms with E-state index in [0.29, 0.717) is 0 Å². The third-order valence-corrected chi connectivity index (χ3v) is 2.63. The number of piperidine rings is 1. The smallest absolute Gasteiger partial charge is 0.265 e. The van der Waals surface area contributed by atoms with Crippen LogP contribution in [0.2, 0.25) is 0 Å². The molecule has 0 aliphatic carbocycles. The number of halogens is 2. The molecule has 0 aromatic carbocycles. The Morgan fingerprint density at radius 3 is 2.50 bits per heavy atom. The van der Waals surface area contributed by atoms with Crippen molar-refractivity contribution in [2.24, 2.45) is 0 Å². The molecule has 1 fully saturated rings. The molecule has 1 rings (SSSR count). The first-order valence-electron chi connectivity index (χ1n) is 5.56. The van der Waals surface area contributed by atoms with Crippen LogP contribution in [-0.2, 0) is 4.79 Å². The maximum absolute atomic E-state index is 11.9. The first-order valence-corrected chi connectivity index (χ1v) is 5.56. The summed E-state index contributed by atoms with van der Waals surface area (Å²) in [7, 11) is 0. The highest BCUT2D eigenvalue weighted by Gasteiger charge is 2.19. The van der Waals surface area contributed by atoms with Gasteiger partial charge in [0.1, 0.15) is 6.10 Å². The first kappa shape index (κ1) is 13.3. The fraction of sp³-hybridized carbons (Fsp3) is 0.900. The van der Waals surface area contributed by atoms with Crippen LogP contribution in [-0.4, -0.2) is 54.6 Å². The van der Waals surface area contributed by atoms with Crippen molar-refractivity contribution in [1.29, 1.82) is 0 Å². The molecular formula is C10H18F2N2O2. The minimum Gasteiger partial charge on any atom is -0.386 e. The Bertz CT molecular complexity index is 221. The van der Waals surface area contributed by atoms with Crippen molar-refractivity contribution in [3.63, 3.8) is 0 Å². The van der Waals surface area contributed by atoms with Crippen LogP contribution >= 0.6 is 0 Å². The van der Waals surface area contributed by atoms with Crippen LogP contribution in [0.3, 0.4) is 0 Å². The van der Waals surface area contributed by atoms with E-state index in [9.17, 15) is 13.6 Å². The van der Waals surface area contributed by atoms with Gasteiger partial charge in [-0.05, 0) is 19.3 Å². The molecule has 16 heavy (non-hydrogen) atoms. The third-order valence-electron chi connectivity index (χ3n) is 2.63. The minimum absolute atomic E-state index is 0.0176. The number of carbonyl (C=O) groups is 1. The molecule has 0 aromatic rings. The molecule has 0 bridgehead atoms.